The van der Waals surface area contributed by atoms with Gasteiger partial charge in [0.1, 0.15) is 0 Å². The van der Waals surface area contributed by atoms with Crippen molar-refractivity contribution in [2.24, 2.45) is 5.92 Å². The molecule has 0 bridgehead atoms. The lowest BCUT2D eigenvalue weighted by Crippen LogP contribution is -2.34. The van der Waals surface area contributed by atoms with Gasteiger partial charge in [0, 0.05) is 41.5 Å². The minimum atomic E-state index is 0.182. The third kappa shape index (κ3) is 6.47. The van der Waals surface area contributed by atoms with Crippen LogP contribution in [0.4, 0.5) is 0 Å². The molecule has 2 heterocycles. The maximum Gasteiger partial charge on any atom is 0.0506 e. The second kappa shape index (κ2) is 7.73. The summed E-state index contributed by atoms with van der Waals surface area (Å²) >= 11 is 1.93. The van der Waals surface area contributed by atoms with Crippen LogP contribution in [0.5, 0.6) is 0 Å². The van der Waals surface area contributed by atoms with Crippen LogP contribution in [-0.4, -0.2) is 37.2 Å². The maximum atomic E-state index is 5.57. The highest BCUT2D eigenvalue weighted by atomic mass is 32.1. The standard InChI is InChI=1S/C17H30N2OS/c1-17(2,3)18-10-15-7-8-16(21-15)12-19(4)11-14-6-5-9-20-13-14/h7-8,14,18H,5-6,9-13H2,1-4H3. The Morgan fingerprint density at radius 2 is 2.10 bits per heavy atom. The van der Waals surface area contributed by atoms with Gasteiger partial charge in [-0.05, 0) is 58.7 Å². The molecule has 0 amide bonds. The predicted molar refractivity (Wildman–Crippen MR) is 90.8 cm³/mol. The van der Waals surface area contributed by atoms with Gasteiger partial charge in [-0.25, -0.2) is 0 Å². The smallest absolute Gasteiger partial charge is 0.0506 e. The SMILES string of the molecule is CN(Cc1ccc(CNC(C)(C)C)s1)CC1CCCOC1. The van der Waals surface area contributed by atoms with E-state index in [0.29, 0.717) is 5.92 Å². The lowest BCUT2D eigenvalue weighted by Gasteiger charge is -2.26. The Morgan fingerprint density at radius 3 is 2.76 bits per heavy atom. The molecule has 120 valence electrons. The van der Waals surface area contributed by atoms with E-state index in [9.17, 15) is 0 Å². The van der Waals surface area contributed by atoms with Gasteiger partial charge in [0.15, 0.2) is 0 Å². The molecule has 0 aromatic carbocycles. The minimum Gasteiger partial charge on any atom is -0.381 e. The molecule has 1 atom stereocenters. The average Bonchev–Trinajstić information content (AvgIpc) is 2.84. The van der Waals surface area contributed by atoms with Crippen LogP contribution in [0.15, 0.2) is 12.1 Å². The summed E-state index contributed by atoms with van der Waals surface area (Å²) in [7, 11) is 2.22. The van der Waals surface area contributed by atoms with Crippen molar-refractivity contribution >= 4 is 11.3 Å². The highest BCUT2D eigenvalue weighted by molar-refractivity contribution is 7.11. The van der Waals surface area contributed by atoms with E-state index >= 15 is 0 Å². The summed E-state index contributed by atoms with van der Waals surface area (Å²) in [6.07, 6.45) is 2.54. The van der Waals surface area contributed by atoms with Crippen molar-refractivity contribution in [3.63, 3.8) is 0 Å². The van der Waals surface area contributed by atoms with Gasteiger partial charge < -0.3 is 15.0 Å². The first-order chi connectivity index (χ1) is 9.92. The van der Waals surface area contributed by atoms with Gasteiger partial charge in [-0.3, -0.25) is 0 Å². The van der Waals surface area contributed by atoms with Gasteiger partial charge in [-0.1, -0.05) is 0 Å². The molecular weight excluding hydrogens is 280 g/mol. The molecule has 1 unspecified atom stereocenters. The van der Waals surface area contributed by atoms with Crippen LogP contribution >= 0.6 is 11.3 Å². The maximum absolute atomic E-state index is 5.57. The fourth-order valence-electron chi connectivity index (χ4n) is 2.68. The molecule has 0 spiro atoms. The van der Waals surface area contributed by atoms with Crippen LogP contribution in [0.3, 0.4) is 0 Å². The lowest BCUT2D eigenvalue weighted by atomic mass is 10.0. The zero-order chi connectivity index (χ0) is 15.3. The van der Waals surface area contributed by atoms with Crippen LogP contribution in [-0.2, 0) is 17.8 Å². The van der Waals surface area contributed by atoms with Gasteiger partial charge in [0.05, 0.1) is 6.61 Å². The van der Waals surface area contributed by atoms with Crippen molar-refractivity contribution in [1.29, 1.82) is 0 Å². The van der Waals surface area contributed by atoms with Gasteiger partial charge in [-0.2, -0.15) is 0 Å². The van der Waals surface area contributed by atoms with Crippen LogP contribution in [0.1, 0.15) is 43.4 Å². The number of thiophene rings is 1. The van der Waals surface area contributed by atoms with E-state index in [1.54, 1.807) is 0 Å². The molecule has 0 aliphatic carbocycles. The third-order valence-corrected chi connectivity index (χ3v) is 4.83. The molecule has 1 aromatic heterocycles. The molecule has 1 saturated heterocycles. The molecule has 2 rings (SSSR count). The lowest BCUT2D eigenvalue weighted by molar-refractivity contribution is 0.0413. The number of nitrogens with one attached hydrogen (secondary N) is 1. The number of ether oxygens (including phenoxy) is 1. The fraction of sp³-hybridized carbons (Fsp3) is 0.765. The summed E-state index contributed by atoms with van der Waals surface area (Å²) < 4.78 is 5.57. The Bertz CT molecular complexity index is 419. The summed E-state index contributed by atoms with van der Waals surface area (Å²) in [6.45, 7) is 11.7. The number of nitrogens with zero attached hydrogens (tertiary/aromatic N) is 1. The molecule has 0 radical (unpaired) electrons. The van der Waals surface area contributed by atoms with E-state index in [4.69, 9.17) is 4.74 Å². The second-order valence-corrected chi connectivity index (χ2v) is 8.50. The van der Waals surface area contributed by atoms with Crippen molar-refractivity contribution in [1.82, 2.24) is 10.2 Å². The highest BCUT2D eigenvalue weighted by Crippen LogP contribution is 2.20. The summed E-state index contributed by atoms with van der Waals surface area (Å²) in [5.41, 5.74) is 0.182. The summed E-state index contributed by atoms with van der Waals surface area (Å²) in [5.74, 6) is 0.714. The van der Waals surface area contributed by atoms with Gasteiger partial charge in [0.25, 0.3) is 0 Å². The van der Waals surface area contributed by atoms with Crippen molar-refractivity contribution in [2.45, 2.75) is 52.2 Å². The summed E-state index contributed by atoms with van der Waals surface area (Å²) in [4.78, 5) is 5.32. The summed E-state index contributed by atoms with van der Waals surface area (Å²) in [5, 5.41) is 3.55. The molecule has 3 nitrogen and oxygen atoms in total. The Hall–Kier alpha value is -0.420. The number of hydrogen-bond donors (Lipinski definition) is 1. The Labute approximate surface area is 133 Å². The molecular formula is C17H30N2OS. The average molecular weight is 311 g/mol. The molecule has 0 saturated carbocycles. The van der Waals surface area contributed by atoms with Gasteiger partial charge in [-0.15, -0.1) is 11.3 Å². The van der Waals surface area contributed by atoms with Crippen molar-refractivity contribution in [3.8, 4) is 0 Å². The van der Waals surface area contributed by atoms with E-state index in [1.165, 1.54) is 22.6 Å². The predicted octanol–water partition coefficient (Wildman–Crippen LogP) is 3.49. The molecule has 4 heteroatoms. The Balaban J connectivity index is 1.75. The minimum absolute atomic E-state index is 0.182. The van der Waals surface area contributed by atoms with Crippen molar-refractivity contribution in [3.05, 3.63) is 21.9 Å². The topological polar surface area (TPSA) is 24.5 Å². The molecule has 1 aliphatic heterocycles. The second-order valence-electron chi connectivity index (χ2n) is 7.25. The fourth-order valence-corrected chi connectivity index (χ4v) is 3.72. The van der Waals surface area contributed by atoms with E-state index in [2.05, 4.69) is 50.2 Å². The molecule has 1 aromatic rings. The zero-order valence-corrected chi connectivity index (χ0v) is 14.8. The third-order valence-electron chi connectivity index (χ3n) is 3.76. The van der Waals surface area contributed by atoms with Gasteiger partial charge in [0.2, 0.25) is 0 Å². The quantitative estimate of drug-likeness (QED) is 0.870. The summed E-state index contributed by atoms with van der Waals surface area (Å²) in [6, 6.07) is 4.54. The van der Waals surface area contributed by atoms with E-state index < -0.39 is 0 Å². The Morgan fingerprint density at radius 1 is 1.33 bits per heavy atom. The monoisotopic (exact) mass is 310 g/mol. The van der Waals surface area contributed by atoms with Crippen molar-refractivity contribution < 1.29 is 4.74 Å². The van der Waals surface area contributed by atoms with Gasteiger partial charge >= 0.3 is 0 Å². The first-order valence-electron chi connectivity index (χ1n) is 8.01. The molecule has 21 heavy (non-hydrogen) atoms. The zero-order valence-electron chi connectivity index (χ0n) is 13.9. The van der Waals surface area contributed by atoms with E-state index in [1.807, 2.05) is 11.3 Å². The molecule has 1 fully saturated rings. The Kier molecular flexibility index (Phi) is 6.23. The van der Waals surface area contributed by atoms with Crippen LogP contribution in [0.25, 0.3) is 0 Å². The van der Waals surface area contributed by atoms with Crippen LogP contribution < -0.4 is 5.32 Å². The first kappa shape index (κ1) is 16.9. The highest BCUT2D eigenvalue weighted by Gasteiger charge is 2.16. The molecule has 1 aliphatic rings. The van der Waals surface area contributed by atoms with E-state index in [-0.39, 0.29) is 5.54 Å². The molecule has 1 N–H and O–H groups in total. The number of rotatable bonds is 6. The normalized spacial score (nSPS) is 20.1. The van der Waals surface area contributed by atoms with E-state index in [0.717, 1.165) is 32.8 Å². The number of hydrogen-bond acceptors (Lipinski definition) is 4. The van der Waals surface area contributed by atoms with Crippen LogP contribution in [0, 0.1) is 5.92 Å². The first-order valence-corrected chi connectivity index (χ1v) is 8.83. The van der Waals surface area contributed by atoms with Crippen molar-refractivity contribution in [2.75, 3.05) is 26.8 Å². The largest absolute Gasteiger partial charge is 0.381 e. The van der Waals surface area contributed by atoms with Crippen LogP contribution in [0.2, 0.25) is 0 Å².